The molecule has 0 aromatic carbocycles. The van der Waals surface area contributed by atoms with Gasteiger partial charge in [0.05, 0.1) is 5.56 Å². The molecule has 0 saturated carbocycles. The summed E-state index contributed by atoms with van der Waals surface area (Å²) in [7, 11) is 1.47. The molecular formula is C18H19N3O3S. The van der Waals surface area contributed by atoms with E-state index in [0.29, 0.717) is 10.6 Å². The lowest BCUT2D eigenvalue weighted by atomic mass is 10.1. The highest BCUT2D eigenvalue weighted by molar-refractivity contribution is 7.15. The number of aromatic nitrogens is 1. The van der Waals surface area contributed by atoms with E-state index in [1.807, 2.05) is 37.5 Å². The van der Waals surface area contributed by atoms with Gasteiger partial charge in [-0.05, 0) is 51.0 Å². The Morgan fingerprint density at radius 1 is 1.32 bits per heavy atom. The molecule has 0 aliphatic heterocycles. The number of nitriles is 1. The summed E-state index contributed by atoms with van der Waals surface area (Å²) in [4.78, 5) is 24.4. The molecule has 0 saturated heterocycles. The number of amides is 1. The van der Waals surface area contributed by atoms with Crippen molar-refractivity contribution in [2.24, 2.45) is 0 Å². The standard InChI is InChI=1S/C18H19N3O3S/c1-9-6-13(7-14(8-19)16(22)20-5)11(3)21(9)17-15(18(23)24)10(2)12(4)25-17/h6-7H,1-5H3,(H,20,22)(H,23,24). The highest BCUT2D eigenvalue weighted by atomic mass is 32.1. The van der Waals surface area contributed by atoms with Crippen LogP contribution >= 0.6 is 11.3 Å². The second-order valence-electron chi connectivity index (χ2n) is 5.68. The number of hydrogen-bond donors (Lipinski definition) is 2. The second-order valence-corrected chi connectivity index (χ2v) is 6.88. The maximum atomic E-state index is 11.7. The normalized spacial score (nSPS) is 11.3. The average Bonchev–Trinajstić information content (AvgIpc) is 3.00. The van der Waals surface area contributed by atoms with Gasteiger partial charge in [0.25, 0.3) is 5.91 Å². The Hall–Kier alpha value is -2.85. The Morgan fingerprint density at radius 2 is 1.96 bits per heavy atom. The summed E-state index contributed by atoms with van der Waals surface area (Å²) in [5, 5.41) is 21.8. The van der Waals surface area contributed by atoms with Gasteiger partial charge in [-0.25, -0.2) is 4.79 Å². The van der Waals surface area contributed by atoms with Crippen LogP contribution in [-0.4, -0.2) is 28.6 Å². The maximum Gasteiger partial charge on any atom is 0.339 e. The molecule has 2 aromatic heterocycles. The number of thiophene rings is 1. The molecule has 2 rings (SSSR count). The number of carbonyl (C=O) groups is 2. The van der Waals surface area contributed by atoms with E-state index in [2.05, 4.69) is 5.32 Å². The molecule has 0 aliphatic carbocycles. The third-order valence-electron chi connectivity index (χ3n) is 4.15. The summed E-state index contributed by atoms with van der Waals surface area (Å²) >= 11 is 1.42. The molecule has 2 heterocycles. The lowest BCUT2D eigenvalue weighted by Crippen LogP contribution is -2.19. The summed E-state index contributed by atoms with van der Waals surface area (Å²) in [5.41, 5.74) is 3.35. The Bertz CT molecular complexity index is 942. The minimum absolute atomic E-state index is 0.000233. The van der Waals surface area contributed by atoms with E-state index < -0.39 is 11.9 Å². The minimum Gasteiger partial charge on any atom is -0.478 e. The summed E-state index contributed by atoms with van der Waals surface area (Å²) in [6, 6.07) is 3.73. The van der Waals surface area contributed by atoms with Gasteiger partial charge >= 0.3 is 5.97 Å². The van der Waals surface area contributed by atoms with E-state index in [-0.39, 0.29) is 11.1 Å². The molecule has 0 radical (unpaired) electrons. The predicted octanol–water partition coefficient (Wildman–Crippen LogP) is 3.12. The predicted molar refractivity (Wildman–Crippen MR) is 97.2 cm³/mol. The van der Waals surface area contributed by atoms with Crippen LogP contribution in [0.4, 0.5) is 0 Å². The number of nitrogens with one attached hydrogen (secondary N) is 1. The zero-order valence-corrected chi connectivity index (χ0v) is 15.5. The number of likely N-dealkylation sites (N-methyl/N-ethyl adjacent to an activating group) is 1. The van der Waals surface area contributed by atoms with Crippen molar-refractivity contribution in [1.82, 2.24) is 9.88 Å². The molecule has 0 bridgehead atoms. The Morgan fingerprint density at radius 3 is 2.48 bits per heavy atom. The fourth-order valence-electron chi connectivity index (χ4n) is 2.70. The summed E-state index contributed by atoms with van der Waals surface area (Å²) < 4.78 is 1.86. The van der Waals surface area contributed by atoms with Crippen LogP contribution in [0.15, 0.2) is 11.6 Å². The first-order chi connectivity index (χ1) is 11.7. The first kappa shape index (κ1) is 18.5. The number of aromatic carboxylic acids is 1. The van der Waals surface area contributed by atoms with Crippen molar-refractivity contribution >= 4 is 29.3 Å². The van der Waals surface area contributed by atoms with Crippen LogP contribution < -0.4 is 5.32 Å². The molecular weight excluding hydrogens is 338 g/mol. The monoisotopic (exact) mass is 357 g/mol. The first-order valence-electron chi connectivity index (χ1n) is 7.59. The molecule has 25 heavy (non-hydrogen) atoms. The van der Waals surface area contributed by atoms with Gasteiger partial charge in [-0.15, -0.1) is 11.3 Å². The fourth-order valence-corrected chi connectivity index (χ4v) is 3.96. The highest BCUT2D eigenvalue weighted by Crippen LogP contribution is 2.34. The molecule has 130 valence electrons. The van der Waals surface area contributed by atoms with Gasteiger partial charge in [0.15, 0.2) is 0 Å². The van der Waals surface area contributed by atoms with Gasteiger partial charge < -0.3 is 15.0 Å². The van der Waals surface area contributed by atoms with Crippen LogP contribution in [-0.2, 0) is 4.79 Å². The molecule has 6 nitrogen and oxygen atoms in total. The van der Waals surface area contributed by atoms with Crippen LogP contribution in [0.5, 0.6) is 0 Å². The third kappa shape index (κ3) is 3.21. The maximum absolute atomic E-state index is 11.7. The smallest absolute Gasteiger partial charge is 0.339 e. The molecule has 0 aliphatic rings. The topological polar surface area (TPSA) is 95.1 Å². The number of aryl methyl sites for hydroxylation is 2. The van der Waals surface area contributed by atoms with Crippen molar-refractivity contribution in [3.8, 4) is 11.1 Å². The number of carboxylic acids is 1. The van der Waals surface area contributed by atoms with Crippen molar-refractivity contribution in [2.75, 3.05) is 7.05 Å². The van der Waals surface area contributed by atoms with Gasteiger partial charge in [-0.1, -0.05) is 0 Å². The quantitative estimate of drug-likeness (QED) is 0.649. The Labute approximate surface area is 150 Å². The van der Waals surface area contributed by atoms with E-state index in [0.717, 1.165) is 21.8 Å². The van der Waals surface area contributed by atoms with Crippen LogP contribution in [0.2, 0.25) is 0 Å². The van der Waals surface area contributed by atoms with E-state index in [1.165, 1.54) is 24.5 Å². The lowest BCUT2D eigenvalue weighted by molar-refractivity contribution is -0.116. The highest BCUT2D eigenvalue weighted by Gasteiger charge is 2.23. The number of nitrogens with zero attached hydrogens (tertiary/aromatic N) is 2. The number of hydrogen-bond acceptors (Lipinski definition) is 4. The molecule has 0 unspecified atom stereocenters. The summed E-state index contributed by atoms with van der Waals surface area (Å²) in [6.45, 7) is 7.40. The van der Waals surface area contributed by atoms with Crippen LogP contribution in [0.25, 0.3) is 11.1 Å². The Kier molecular flexibility index (Phi) is 5.14. The van der Waals surface area contributed by atoms with E-state index in [9.17, 15) is 14.7 Å². The Balaban J connectivity index is 2.69. The van der Waals surface area contributed by atoms with E-state index in [1.54, 1.807) is 6.92 Å². The van der Waals surface area contributed by atoms with Crippen LogP contribution in [0.1, 0.15) is 37.7 Å². The number of carbonyl (C=O) groups excluding carboxylic acids is 1. The second kappa shape index (κ2) is 6.95. The molecule has 0 atom stereocenters. The summed E-state index contributed by atoms with van der Waals surface area (Å²) in [5.74, 6) is -1.43. The third-order valence-corrected chi connectivity index (χ3v) is 5.34. The van der Waals surface area contributed by atoms with Crippen LogP contribution in [0, 0.1) is 39.0 Å². The SMILES string of the molecule is CNC(=O)C(C#N)=Cc1cc(C)n(-c2sc(C)c(C)c2C(=O)O)c1C. The fraction of sp³-hybridized carbons (Fsp3) is 0.278. The van der Waals surface area contributed by atoms with Crippen molar-refractivity contribution in [3.63, 3.8) is 0 Å². The van der Waals surface area contributed by atoms with E-state index in [4.69, 9.17) is 5.26 Å². The van der Waals surface area contributed by atoms with Gasteiger partial charge in [0.1, 0.15) is 16.6 Å². The van der Waals surface area contributed by atoms with Gasteiger partial charge in [0, 0.05) is 23.3 Å². The van der Waals surface area contributed by atoms with Crippen LogP contribution in [0.3, 0.4) is 0 Å². The lowest BCUT2D eigenvalue weighted by Gasteiger charge is -2.09. The minimum atomic E-state index is -0.968. The molecule has 7 heteroatoms. The van der Waals surface area contributed by atoms with Crippen molar-refractivity contribution in [3.05, 3.63) is 44.6 Å². The van der Waals surface area contributed by atoms with Gasteiger partial charge in [0.2, 0.25) is 0 Å². The first-order valence-corrected chi connectivity index (χ1v) is 8.41. The molecule has 0 fully saturated rings. The molecule has 1 amide bonds. The molecule has 0 spiro atoms. The number of carboxylic acid groups (broad SMARTS) is 1. The summed E-state index contributed by atoms with van der Waals surface area (Å²) in [6.07, 6.45) is 1.52. The zero-order chi connectivity index (χ0) is 18.9. The van der Waals surface area contributed by atoms with Gasteiger partial charge in [-0.2, -0.15) is 5.26 Å². The van der Waals surface area contributed by atoms with E-state index >= 15 is 0 Å². The van der Waals surface area contributed by atoms with Crippen molar-refractivity contribution in [1.29, 1.82) is 5.26 Å². The largest absolute Gasteiger partial charge is 0.478 e. The zero-order valence-electron chi connectivity index (χ0n) is 14.7. The average molecular weight is 357 g/mol. The van der Waals surface area contributed by atoms with Crippen molar-refractivity contribution < 1.29 is 14.7 Å². The molecule has 2 aromatic rings. The van der Waals surface area contributed by atoms with Gasteiger partial charge in [-0.3, -0.25) is 4.79 Å². The number of rotatable bonds is 4. The molecule has 2 N–H and O–H groups in total. The van der Waals surface area contributed by atoms with Crippen molar-refractivity contribution in [2.45, 2.75) is 27.7 Å².